The van der Waals surface area contributed by atoms with Gasteiger partial charge in [0.2, 0.25) is 0 Å². The molecule has 1 fully saturated rings. The van der Waals surface area contributed by atoms with Gasteiger partial charge in [0, 0.05) is 6.04 Å². The molecule has 72 valence electrons. The Hall–Kier alpha value is -0.640. The quantitative estimate of drug-likeness (QED) is 0.791. The molecule has 1 aromatic rings. The number of hydrogen-bond donors (Lipinski definition) is 1. The Morgan fingerprint density at radius 3 is 2.92 bits per heavy atom. The van der Waals surface area contributed by atoms with Crippen molar-refractivity contribution in [3.8, 4) is 0 Å². The first-order chi connectivity index (χ1) is 6.34. The van der Waals surface area contributed by atoms with Gasteiger partial charge in [-0.3, -0.25) is 0 Å². The number of aromatic nitrogens is 1. The van der Waals surface area contributed by atoms with Crippen LogP contribution in [0.3, 0.4) is 0 Å². The Labute approximate surface area is 82.3 Å². The molecule has 2 rings (SSSR count). The molecule has 0 bridgehead atoms. The maximum atomic E-state index is 5.36. The zero-order valence-electron chi connectivity index (χ0n) is 7.75. The first-order valence-corrected chi connectivity index (χ1v) is 5.77. The van der Waals surface area contributed by atoms with Crippen molar-refractivity contribution in [2.75, 3.05) is 16.8 Å². The second kappa shape index (κ2) is 4.05. The van der Waals surface area contributed by atoms with Crippen LogP contribution < -0.4 is 5.32 Å². The lowest BCUT2D eigenvalue weighted by Crippen LogP contribution is -2.24. The molecule has 13 heavy (non-hydrogen) atoms. The predicted molar refractivity (Wildman–Crippen MR) is 55.2 cm³/mol. The summed E-state index contributed by atoms with van der Waals surface area (Å²) in [7, 11) is 0. The van der Waals surface area contributed by atoms with Crippen molar-refractivity contribution in [1.29, 1.82) is 0 Å². The number of anilines is 1. The zero-order valence-corrected chi connectivity index (χ0v) is 8.56. The van der Waals surface area contributed by atoms with Crippen LogP contribution in [0.2, 0.25) is 0 Å². The van der Waals surface area contributed by atoms with E-state index >= 15 is 0 Å². The predicted octanol–water partition coefficient (Wildman–Crippen LogP) is 2.29. The molecule has 1 aliphatic rings. The first kappa shape index (κ1) is 8.94. The van der Waals surface area contributed by atoms with E-state index < -0.39 is 0 Å². The summed E-state index contributed by atoms with van der Waals surface area (Å²) in [5.74, 6) is 3.36. The molecule has 0 radical (unpaired) electrons. The fourth-order valence-corrected chi connectivity index (χ4v) is 2.54. The molecule has 0 amide bonds. The van der Waals surface area contributed by atoms with Gasteiger partial charge in [0.15, 0.2) is 0 Å². The third-order valence-electron chi connectivity index (χ3n) is 2.17. The van der Waals surface area contributed by atoms with Crippen LogP contribution in [0.4, 0.5) is 6.01 Å². The molecule has 2 heterocycles. The minimum absolute atomic E-state index is 0.555. The third kappa shape index (κ3) is 2.40. The molecule has 1 aliphatic heterocycles. The Morgan fingerprint density at radius 2 is 2.31 bits per heavy atom. The van der Waals surface area contributed by atoms with E-state index in [1.165, 1.54) is 24.3 Å². The number of oxazole rings is 1. The van der Waals surface area contributed by atoms with Crippen LogP contribution in [0, 0.1) is 6.92 Å². The van der Waals surface area contributed by atoms with Gasteiger partial charge in [-0.15, -0.1) is 0 Å². The van der Waals surface area contributed by atoms with Crippen LogP contribution in [0.5, 0.6) is 0 Å². The van der Waals surface area contributed by atoms with Gasteiger partial charge in [0.1, 0.15) is 5.76 Å². The summed E-state index contributed by atoms with van der Waals surface area (Å²) < 4.78 is 5.36. The van der Waals surface area contributed by atoms with Crippen LogP contribution in [-0.2, 0) is 0 Å². The maximum absolute atomic E-state index is 5.36. The summed E-state index contributed by atoms with van der Waals surface area (Å²) in [4.78, 5) is 4.13. The summed E-state index contributed by atoms with van der Waals surface area (Å²) in [6.07, 6.45) is 4.18. The third-order valence-corrected chi connectivity index (χ3v) is 3.22. The monoisotopic (exact) mass is 198 g/mol. The molecule has 1 aromatic heterocycles. The smallest absolute Gasteiger partial charge is 0.294 e. The van der Waals surface area contributed by atoms with Gasteiger partial charge in [-0.2, -0.15) is 11.8 Å². The second-order valence-corrected chi connectivity index (χ2v) is 4.53. The average molecular weight is 198 g/mol. The van der Waals surface area contributed by atoms with Crippen LogP contribution in [0.15, 0.2) is 10.6 Å². The van der Waals surface area contributed by atoms with Crippen LogP contribution in [-0.4, -0.2) is 22.5 Å². The van der Waals surface area contributed by atoms with Crippen LogP contribution >= 0.6 is 11.8 Å². The highest BCUT2D eigenvalue weighted by molar-refractivity contribution is 7.99. The summed E-state index contributed by atoms with van der Waals surface area (Å²) >= 11 is 2.02. The maximum Gasteiger partial charge on any atom is 0.294 e. The van der Waals surface area contributed by atoms with Crippen molar-refractivity contribution in [2.24, 2.45) is 0 Å². The van der Waals surface area contributed by atoms with Gasteiger partial charge < -0.3 is 9.73 Å². The molecule has 0 aromatic carbocycles. The molecular formula is C9H14N2OS. The minimum Gasteiger partial charge on any atom is -0.429 e. The molecule has 3 nitrogen and oxygen atoms in total. The fourth-order valence-electron chi connectivity index (χ4n) is 1.44. The van der Waals surface area contributed by atoms with Crippen molar-refractivity contribution in [2.45, 2.75) is 25.8 Å². The van der Waals surface area contributed by atoms with Crippen molar-refractivity contribution in [3.05, 3.63) is 12.0 Å². The molecule has 1 saturated heterocycles. The molecule has 0 spiro atoms. The molecule has 4 heteroatoms. The Balaban J connectivity index is 1.89. The van der Waals surface area contributed by atoms with E-state index in [-0.39, 0.29) is 0 Å². The van der Waals surface area contributed by atoms with E-state index in [2.05, 4.69) is 10.3 Å². The van der Waals surface area contributed by atoms with Crippen molar-refractivity contribution in [1.82, 2.24) is 4.98 Å². The topological polar surface area (TPSA) is 38.1 Å². The van der Waals surface area contributed by atoms with Crippen molar-refractivity contribution in [3.63, 3.8) is 0 Å². The summed E-state index contributed by atoms with van der Waals surface area (Å²) in [5.41, 5.74) is 0. The van der Waals surface area contributed by atoms with E-state index in [4.69, 9.17) is 4.42 Å². The van der Waals surface area contributed by atoms with Crippen LogP contribution in [0.25, 0.3) is 0 Å². The van der Waals surface area contributed by atoms with E-state index in [1.807, 2.05) is 18.7 Å². The van der Waals surface area contributed by atoms with E-state index in [0.29, 0.717) is 12.1 Å². The summed E-state index contributed by atoms with van der Waals surface area (Å²) in [5, 5.41) is 3.31. The van der Waals surface area contributed by atoms with Crippen LogP contribution in [0.1, 0.15) is 18.6 Å². The van der Waals surface area contributed by atoms with Gasteiger partial charge in [0.25, 0.3) is 6.01 Å². The highest BCUT2D eigenvalue weighted by atomic mass is 32.2. The lowest BCUT2D eigenvalue weighted by molar-refractivity contribution is 0.523. The molecule has 0 saturated carbocycles. The molecule has 1 N–H and O–H groups in total. The normalized spacial score (nSPS) is 18.8. The largest absolute Gasteiger partial charge is 0.429 e. The van der Waals surface area contributed by atoms with Crippen molar-refractivity contribution >= 4 is 17.8 Å². The lowest BCUT2D eigenvalue weighted by atomic mass is 10.2. The first-order valence-electron chi connectivity index (χ1n) is 4.61. The number of rotatable bonds is 2. The SMILES string of the molecule is Cc1cnc(NC2CCSCC2)o1. The standard InChI is InChI=1S/C9H14N2OS/c1-7-6-10-9(12-7)11-8-2-4-13-5-3-8/h6,8H,2-5H2,1H3,(H,10,11). The molecule has 0 unspecified atom stereocenters. The van der Waals surface area contributed by atoms with Gasteiger partial charge in [-0.05, 0) is 31.3 Å². The average Bonchev–Trinajstić information content (AvgIpc) is 2.53. The summed E-state index contributed by atoms with van der Waals surface area (Å²) in [6, 6.07) is 1.23. The van der Waals surface area contributed by atoms with E-state index in [1.54, 1.807) is 6.20 Å². The van der Waals surface area contributed by atoms with E-state index in [0.717, 1.165) is 5.76 Å². The summed E-state index contributed by atoms with van der Waals surface area (Å²) in [6.45, 7) is 1.91. The Morgan fingerprint density at radius 1 is 1.54 bits per heavy atom. The fraction of sp³-hybridized carbons (Fsp3) is 0.667. The second-order valence-electron chi connectivity index (χ2n) is 3.31. The van der Waals surface area contributed by atoms with Gasteiger partial charge in [-0.1, -0.05) is 0 Å². The van der Waals surface area contributed by atoms with Gasteiger partial charge >= 0.3 is 0 Å². The molecule has 0 aliphatic carbocycles. The number of nitrogens with zero attached hydrogens (tertiary/aromatic N) is 1. The number of thioether (sulfide) groups is 1. The van der Waals surface area contributed by atoms with E-state index in [9.17, 15) is 0 Å². The van der Waals surface area contributed by atoms with Gasteiger partial charge in [0.05, 0.1) is 6.20 Å². The lowest BCUT2D eigenvalue weighted by Gasteiger charge is -2.21. The van der Waals surface area contributed by atoms with Gasteiger partial charge in [-0.25, -0.2) is 4.98 Å². The highest BCUT2D eigenvalue weighted by Crippen LogP contribution is 2.20. The number of hydrogen-bond acceptors (Lipinski definition) is 4. The Kier molecular flexibility index (Phi) is 2.78. The number of nitrogens with one attached hydrogen (secondary N) is 1. The van der Waals surface area contributed by atoms with Crippen molar-refractivity contribution < 1.29 is 4.42 Å². The zero-order chi connectivity index (χ0) is 9.10. The highest BCUT2D eigenvalue weighted by Gasteiger charge is 2.14. The molecular weight excluding hydrogens is 184 g/mol. The minimum atomic E-state index is 0.555. The Bertz CT molecular complexity index is 268. The number of aryl methyl sites for hydroxylation is 1. The molecule has 0 atom stereocenters.